The number of carbonyl (C=O) groups is 3. The first-order chi connectivity index (χ1) is 17.0. The van der Waals surface area contributed by atoms with E-state index in [0.29, 0.717) is 29.2 Å². The van der Waals surface area contributed by atoms with E-state index in [2.05, 4.69) is 0 Å². The van der Waals surface area contributed by atoms with Crippen molar-refractivity contribution in [1.29, 1.82) is 0 Å². The van der Waals surface area contributed by atoms with Gasteiger partial charge >= 0.3 is 0 Å². The predicted octanol–water partition coefficient (Wildman–Crippen LogP) is 1.80. The summed E-state index contributed by atoms with van der Waals surface area (Å²) < 4.78 is 5.73. The maximum absolute atomic E-state index is 13.9. The third-order valence-corrected chi connectivity index (χ3v) is 7.72. The van der Waals surface area contributed by atoms with Gasteiger partial charge in [0, 0.05) is 37.7 Å². The molecule has 0 saturated carbocycles. The average Bonchev–Trinajstić information content (AvgIpc) is 2.81. The first-order valence-corrected chi connectivity index (χ1v) is 11.8. The Bertz CT molecular complexity index is 1320. The van der Waals surface area contributed by atoms with Crippen molar-refractivity contribution in [3.8, 4) is 5.75 Å². The van der Waals surface area contributed by atoms with Gasteiger partial charge in [0.1, 0.15) is 28.6 Å². The van der Waals surface area contributed by atoms with Gasteiger partial charge < -0.3 is 35.8 Å². The van der Waals surface area contributed by atoms with Crippen molar-refractivity contribution < 1.29 is 39.5 Å². The summed E-state index contributed by atoms with van der Waals surface area (Å²) in [6.07, 6.45) is 3.51. The van der Waals surface area contributed by atoms with Crippen LogP contribution >= 0.6 is 0 Å². The number of rotatable bonds is 3. The molecule has 0 radical (unpaired) electrons. The van der Waals surface area contributed by atoms with Crippen LogP contribution in [0.15, 0.2) is 34.8 Å². The van der Waals surface area contributed by atoms with Gasteiger partial charge in [-0.25, -0.2) is 0 Å². The minimum absolute atomic E-state index is 0.0251. The van der Waals surface area contributed by atoms with Gasteiger partial charge in [0.05, 0.1) is 17.7 Å². The SMILES string of the molecule is CN(C)c1cc(C2=CCCCO2)c(O)c2c1C[C@H]1C[C@H]3CC(O)=C(C(N)=O)C(=O)[C@@]3(O)C(O)=C1C2=O. The van der Waals surface area contributed by atoms with Gasteiger partial charge in [0.25, 0.3) is 5.91 Å². The highest BCUT2D eigenvalue weighted by Gasteiger charge is 2.59. The number of aliphatic hydroxyl groups is 3. The van der Waals surface area contributed by atoms with Gasteiger partial charge in [-0.2, -0.15) is 0 Å². The van der Waals surface area contributed by atoms with E-state index in [4.69, 9.17) is 10.5 Å². The summed E-state index contributed by atoms with van der Waals surface area (Å²) >= 11 is 0. The molecule has 190 valence electrons. The van der Waals surface area contributed by atoms with Crippen LogP contribution in [0.3, 0.4) is 0 Å². The molecule has 0 aromatic heterocycles. The molecule has 1 amide bonds. The van der Waals surface area contributed by atoms with E-state index in [1.54, 1.807) is 6.07 Å². The van der Waals surface area contributed by atoms with Crippen molar-refractivity contribution in [3.63, 3.8) is 0 Å². The molecular weight excluding hydrogens is 468 g/mol. The van der Waals surface area contributed by atoms with Gasteiger partial charge in [-0.15, -0.1) is 0 Å². The molecule has 0 bridgehead atoms. The molecule has 3 atom stereocenters. The van der Waals surface area contributed by atoms with Crippen molar-refractivity contribution in [2.45, 2.75) is 37.7 Å². The van der Waals surface area contributed by atoms with E-state index in [0.717, 1.165) is 12.8 Å². The van der Waals surface area contributed by atoms with E-state index in [-0.39, 0.29) is 36.1 Å². The number of nitrogens with two attached hydrogens (primary N) is 1. The molecule has 1 aromatic rings. The molecule has 0 spiro atoms. The van der Waals surface area contributed by atoms with Gasteiger partial charge in [-0.05, 0) is 49.3 Å². The summed E-state index contributed by atoms with van der Waals surface area (Å²) in [6, 6.07) is 1.77. The zero-order valence-electron chi connectivity index (χ0n) is 20.0. The number of amides is 1. The second-order valence-electron chi connectivity index (χ2n) is 10.0. The normalized spacial score (nSPS) is 27.6. The Balaban J connectivity index is 1.71. The van der Waals surface area contributed by atoms with Crippen LogP contribution in [-0.4, -0.2) is 64.2 Å². The lowest BCUT2D eigenvalue weighted by Gasteiger charge is -2.46. The zero-order chi connectivity index (χ0) is 26.1. The highest BCUT2D eigenvalue weighted by molar-refractivity contribution is 6.24. The third kappa shape index (κ3) is 3.17. The molecule has 1 aliphatic heterocycles. The Morgan fingerprint density at radius 1 is 1.19 bits per heavy atom. The fourth-order valence-electron chi connectivity index (χ4n) is 6.00. The Labute approximate surface area is 207 Å². The van der Waals surface area contributed by atoms with E-state index >= 15 is 0 Å². The van der Waals surface area contributed by atoms with Crippen molar-refractivity contribution in [3.05, 3.63) is 51.5 Å². The number of anilines is 1. The van der Waals surface area contributed by atoms with Gasteiger partial charge in [0.2, 0.25) is 5.78 Å². The molecule has 10 heteroatoms. The second-order valence-corrected chi connectivity index (χ2v) is 10.0. The molecule has 10 nitrogen and oxygen atoms in total. The van der Waals surface area contributed by atoms with Crippen molar-refractivity contribution in [2.24, 2.45) is 17.6 Å². The molecule has 0 saturated heterocycles. The van der Waals surface area contributed by atoms with Crippen LogP contribution in [0.25, 0.3) is 5.76 Å². The number of phenolic OH excluding ortho intramolecular Hbond substituents is 1. The largest absolute Gasteiger partial charge is 0.511 e. The lowest BCUT2D eigenvalue weighted by Crippen LogP contribution is -2.57. The van der Waals surface area contributed by atoms with E-state index in [9.17, 15) is 34.8 Å². The molecule has 36 heavy (non-hydrogen) atoms. The van der Waals surface area contributed by atoms with Gasteiger partial charge in [0.15, 0.2) is 11.4 Å². The maximum Gasteiger partial charge on any atom is 0.255 e. The molecule has 1 aromatic carbocycles. The number of fused-ring (bicyclic) bond motifs is 3. The highest BCUT2D eigenvalue weighted by atomic mass is 16.5. The van der Waals surface area contributed by atoms with E-state index < -0.39 is 52.0 Å². The average molecular weight is 497 g/mol. The fraction of sp³-hybridized carbons (Fsp3) is 0.423. The first kappa shape index (κ1) is 23.9. The number of benzene rings is 1. The Kier molecular flexibility index (Phi) is 5.40. The number of phenols is 1. The molecule has 4 aliphatic rings. The summed E-state index contributed by atoms with van der Waals surface area (Å²) in [7, 11) is 3.63. The predicted molar refractivity (Wildman–Crippen MR) is 128 cm³/mol. The summed E-state index contributed by atoms with van der Waals surface area (Å²) in [6.45, 7) is 0.473. The van der Waals surface area contributed by atoms with Crippen LogP contribution in [0.2, 0.25) is 0 Å². The van der Waals surface area contributed by atoms with Crippen LogP contribution in [0.4, 0.5) is 5.69 Å². The van der Waals surface area contributed by atoms with Crippen molar-refractivity contribution >= 4 is 28.9 Å². The lowest BCUT2D eigenvalue weighted by atomic mass is 9.60. The molecule has 3 aliphatic carbocycles. The number of allylic oxidation sites excluding steroid dienone is 3. The second kappa shape index (κ2) is 8.12. The molecule has 5 rings (SSSR count). The Hall–Kier alpha value is -3.79. The number of carbonyl (C=O) groups excluding carboxylic acids is 3. The first-order valence-electron chi connectivity index (χ1n) is 11.8. The smallest absolute Gasteiger partial charge is 0.255 e. The number of aromatic hydroxyl groups is 1. The third-order valence-electron chi connectivity index (χ3n) is 7.72. The standard InChI is InChI=1S/C26H28N2O8/c1-28(2)15-10-14(17-5-3-4-6-36-17)21(30)19-13(15)8-11-7-12-9-16(29)20(25(27)34)24(33)26(12,35)23(32)18(11)22(19)31/h5,10-12,29-30,32,35H,3-4,6-9H2,1-2H3,(H2,27,34)/t11-,12+,26+/m1/s1. The number of ketones is 2. The van der Waals surface area contributed by atoms with Crippen LogP contribution in [0, 0.1) is 11.8 Å². The van der Waals surface area contributed by atoms with E-state index in [1.807, 2.05) is 25.1 Å². The van der Waals surface area contributed by atoms with Crippen LogP contribution in [-0.2, 0) is 20.7 Å². The van der Waals surface area contributed by atoms with Crippen LogP contribution in [0.1, 0.15) is 47.2 Å². The number of Topliss-reactive ketones (excluding diaryl/α,β-unsaturated/α-hetero) is 2. The molecule has 0 unspecified atom stereocenters. The highest BCUT2D eigenvalue weighted by Crippen LogP contribution is 2.53. The Morgan fingerprint density at radius 3 is 2.53 bits per heavy atom. The number of hydrogen-bond donors (Lipinski definition) is 5. The minimum Gasteiger partial charge on any atom is -0.511 e. The van der Waals surface area contributed by atoms with E-state index in [1.165, 1.54) is 0 Å². The summed E-state index contributed by atoms with van der Waals surface area (Å²) in [4.78, 5) is 40.6. The molecule has 0 fully saturated rings. The minimum atomic E-state index is -2.58. The van der Waals surface area contributed by atoms with Crippen molar-refractivity contribution in [1.82, 2.24) is 0 Å². The summed E-state index contributed by atoms with van der Waals surface area (Å²) in [5.41, 5.74) is 3.28. The number of ether oxygens (including phenoxy) is 1. The maximum atomic E-state index is 13.9. The van der Waals surface area contributed by atoms with Gasteiger partial charge in [-0.3, -0.25) is 14.4 Å². The van der Waals surface area contributed by atoms with Crippen LogP contribution in [0.5, 0.6) is 5.75 Å². The zero-order valence-corrected chi connectivity index (χ0v) is 20.0. The summed E-state index contributed by atoms with van der Waals surface area (Å²) in [5.74, 6) is -5.98. The monoisotopic (exact) mass is 496 g/mol. The summed E-state index contributed by atoms with van der Waals surface area (Å²) in [5, 5.41) is 44.1. The topological polar surface area (TPSA) is 171 Å². The molecule has 1 heterocycles. The number of aliphatic hydroxyl groups excluding tert-OH is 2. The quantitative estimate of drug-likeness (QED) is 0.391. The fourth-order valence-corrected chi connectivity index (χ4v) is 6.00. The van der Waals surface area contributed by atoms with Gasteiger partial charge in [-0.1, -0.05) is 0 Å². The number of primary amides is 1. The number of nitrogens with zero attached hydrogens (tertiary/aromatic N) is 1. The lowest BCUT2D eigenvalue weighted by molar-refractivity contribution is -0.144. The van der Waals surface area contributed by atoms with Crippen LogP contribution < -0.4 is 10.6 Å². The molecular formula is C26H28N2O8. The number of hydrogen-bond acceptors (Lipinski definition) is 9. The molecule has 6 N–H and O–H groups in total. The van der Waals surface area contributed by atoms with Crippen molar-refractivity contribution in [2.75, 3.05) is 25.6 Å². The Morgan fingerprint density at radius 2 is 1.92 bits per heavy atom.